The zero-order valence-electron chi connectivity index (χ0n) is 21.9. The molecule has 5 aromatic rings. The maximum Gasteiger partial charge on any atom is 0.416 e. The minimum Gasteiger partial charge on any atom is -0.478 e. The molecular formula is C35H26F3O2P. The summed E-state index contributed by atoms with van der Waals surface area (Å²) in [6, 6.07) is 41.1. The molecule has 2 nitrogen and oxygen atoms in total. The van der Waals surface area contributed by atoms with Crippen molar-refractivity contribution in [3.8, 4) is 11.1 Å². The van der Waals surface area contributed by atoms with Crippen molar-refractivity contribution < 1.29 is 23.1 Å². The smallest absolute Gasteiger partial charge is 0.416 e. The third-order valence-electron chi connectivity index (χ3n) is 6.72. The Morgan fingerprint density at radius 2 is 1.17 bits per heavy atom. The fourth-order valence-electron chi connectivity index (χ4n) is 4.78. The Morgan fingerprint density at radius 1 is 0.659 bits per heavy atom. The van der Waals surface area contributed by atoms with Gasteiger partial charge in [0.15, 0.2) is 0 Å². The summed E-state index contributed by atoms with van der Waals surface area (Å²) in [7, 11) is -0.911. The van der Waals surface area contributed by atoms with Gasteiger partial charge in [0.05, 0.1) is 5.56 Å². The summed E-state index contributed by atoms with van der Waals surface area (Å²) >= 11 is 0. The molecule has 5 rings (SSSR count). The predicted molar refractivity (Wildman–Crippen MR) is 161 cm³/mol. The van der Waals surface area contributed by atoms with Gasteiger partial charge in [-0.3, -0.25) is 0 Å². The van der Waals surface area contributed by atoms with E-state index < -0.39 is 25.6 Å². The molecule has 0 aliphatic carbocycles. The van der Waals surface area contributed by atoms with Gasteiger partial charge < -0.3 is 5.11 Å². The second-order valence-electron chi connectivity index (χ2n) is 9.45. The van der Waals surface area contributed by atoms with Crippen LogP contribution in [0.1, 0.15) is 16.7 Å². The minimum absolute atomic E-state index is 0.0862. The van der Waals surface area contributed by atoms with Gasteiger partial charge in [0.2, 0.25) is 0 Å². The number of carboxylic acids is 1. The van der Waals surface area contributed by atoms with Gasteiger partial charge in [-0.2, -0.15) is 13.2 Å². The quantitative estimate of drug-likeness (QED) is 0.154. The largest absolute Gasteiger partial charge is 0.478 e. The van der Waals surface area contributed by atoms with Crippen LogP contribution in [-0.2, 0) is 17.4 Å². The topological polar surface area (TPSA) is 37.3 Å². The number of benzene rings is 5. The van der Waals surface area contributed by atoms with Gasteiger partial charge in [0.25, 0.3) is 0 Å². The molecule has 0 bridgehead atoms. The van der Waals surface area contributed by atoms with Crippen LogP contribution in [-0.4, -0.2) is 11.1 Å². The molecule has 1 N–H and O–H groups in total. The molecular weight excluding hydrogens is 540 g/mol. The summed E-state index contributed by atoms with van der Waals surface area (Å²) in [6.45, 7) is 0. The van der Waals surface area contributed by atoms with E-state index in [-0.39, 0.29) is 12.0 Å². The van der Waals surface area contributed by atoms with Gasteiger partial charge in [-0.25, -0.2) is 4.79 Å². The average Bonchev–Trinajstić information content (AvgIpc) is 2.98. The average molecular weight is 567 g/mol. The molecule has 0 amide bonds. The number of alkyl halides is 3. The van der Waals surface area contributed by atoms with Crippen molar-refractivity contribution in [1.82, 2.24) is 0 Å². The zero-order valence-corrected chi connectivity index (χ0v) is 22.8. The lowest BCUT2D eigenvalue weighted by Gasteiger charge is -2.23. The van der Waals surface area contributed by atoms with Crippen LogP contribution in [0.25, 0.3) is 17.2 Å². The number of halogens is 3. The first kappa shape index (κ1) is 28.1. The van der Waals surface area contributed by atoms with Crippen molar-refractivity contribution in [2.45, 2.75) is 12.6 Å². The number of carbonyl (C=O) groups is 1. The molecule has 0 atom stereocenters. The molecule has 0 aliphatic rings. The van der Waals surface area contributed by atoms with Crippen LogP contribution in [0.15, 0.2) is 139 Å². The lowest BCUT2D eigenvalue weighted by atomic mass is 9.94. The van der Waals surface area contributed by atoms with Gasteiger partial charge in [-0.05, 0) is 64.3 Å². The summed E-state index contributed by atoms with van der Waals surface area (Å²) in [5, 5.41) is 13.6. The van der Waals surface area contributed by atoms with E-state index in [4.69, 9.17) is 0 Å². The first-order valence-corrected chi connectivity index (χ1v) is 14.3. The molecule has 204 valence electrons. The number of rotatable bonds is 8. The van der Waals surface area contributed by atoms with Crippen molar-refractivity contribution in [1.29, 1.82) is 0 Å². The lowest BCUT2D eigenvalue weighted by Crippen LogP contribution is -2.22. The van der Waals surface area contributed by atoms with Gasteiger partial charge in [-0.1, -0.05) is 121 Å². The summed E-state index contributed by atoms with van der Waals surface area (Å²) in [4.78, 5) is 12.3. The van der Waals surface area contributed by atoms with Crippen LogP contribution in [0, 0.1) is 0 Å². The third kappa shape index (κ3) is 6.65. The molecule has 0 aromatic heterocycles. The van der Waals surface area contributed by atoms with E-state index in [1.807, 2.05) is 72.8 Å². The second kappa shape index (κ2) is 12.4. The highest BCUT2D eigenvalue weighted by Crippen LogP contribution is 2.38. The maximum absolute atomic E-state index is 13.0. The van der Waals surface area contributed by atoms with Crippen LogP contribution in [0.2, 0.25) is 0 Å². The SMILES string of the molecule is O=C(O)/C(=C/c1ccc(C(F)(F)F)cc1)Cc1ccccc1-c1ccccc1P(c1ccccc1)c1ccccc1. The van der Waals surface area contributed by atoms with Crippen molar-refractivity contribution in [2.24, 2.45) is 0 Å². The Kier molecular flexibility index (Phi) is 8.47. The number of hydrogen-bond acceptors (Lipinski definition) is 1. The highest BCUT2D eigenvalue weighted by molar-refractivity contribution is 7.80. The van der Waals surface area contributed by atoms with E-state index >= 15 is 0 Å². The first-order valence-electron chi connectivity index (χ1n) is 13.0. The van der Waals surface area contributed by atoms with Crippen LogP contribution >= 0.6 is 7.92 Å². The lowest BCUT2D eigenvalue weighted by molar-refractivity contribution is -0.137. The molecule has 0 spiro atoms. The van der Waals surface area contributed by atoms with E-state index in [1.54, 1.807) is 0 Å². The Morgan fingerprint density at radius 3 is 1.73 bits per heavy atom. The van der Waals surface area contributed by atoms with Crippen molar-refractivity contribution in [3.05, 3.63) is 156 Å². The monoisotopic (exact) mass is 566 g/mol. The molecule has 0 unspecified atom stereocenters. The van der Waals surface area contributed by atoms with Crippen LogP contribution in [0.3, 0.4) is 0 Å². The minimum atomic E-state index is -4.46. The van der Waals surface area contributed by atoms with Gasteiger partial charge >= 0.3 is 12.1 Å². The van der Waals surface area contributed by atoms with Crippen molar-refractivity contribution in [3.63, 3.8) is 0 Å². The van der Waals surface area contributed by atoms with E-state index in [0.29, 0.717) is 5.56 Å². The molecule has 6 heteroatoms. The van der Waals surface area contributed by atoms with Gasteiger partial charge in [0, 0.05) is 12.0 Å². The highest BCUT2D eigenvalue weighted by atomic mass is 31.1. The molecule has 0 aliphatic heterocycles. The Balaban J connectivity index is 1.58. The standard InChI is InChI=1S/C35H26F3O2P/c36-35(37,38)28-21-19-25(20-22-28)23-27(34(39)40)24-26-11-7-8-16-31(26)32-17-9-10-18-33(32)41(29-12-3-1-4-13-29)30-14-5-2-6-15-30/h1-23H,24H2,(H,39,40)/b27-23+. The Labute approximate surface area is 238 Å². The van der Waals surface area contributed by atoms with E-state index in [2.05, 4.69) is 36.4 Å². The first-order chi connectivity index (χ1) is 19.8. The van der Waals surface area contributed by atoms with Gasteiger partial charge in [-0.15, -0.1) is 0 Å². The fourth-order valence-corrected chi connectivity index (χ4v) is 7.24. The Hall–Kier alpha value is -4.47. The van der Waals surface area contributed by atoms with Crippen LogP contribution in [0.4, 0.5) is 13.2 Å². The molecule has 0 fully saturated rings. The second-order valence-corrected chi connectivity index (χ2v) is 11.6. The van der Waals surface area contributed by atoms with Crippen molar-refractivity contribution >= 4 is 35.9 Å². The molecule has 0 saturated heterocycles. The van der Waals surface area contributed by atoms with E-state index in [9.17, 15) is 23.1 Å². The molecule has 0 saturated carbocycles. The molecule has 0 radical (unpaired) electrons. The third-order valence-corrected chi connectivity index (χ3v) is 9.22. The van der Waals surface area contributed by atoms with Crippen molar-refractivity contribution in [2.75, 3.05) is 0 Å². The number of carboxylic acid groups (broad SMARTS) is 1. The molecule has 5 aromatic carbocycles. The van der Waals surface area contributed by atoms with Gasteiger partial charge in [0.1, 0.15) is 0 Å². The summed E-state index contributed by atoms with van der Waals surface area (Å²) in [6.07, 6.45) is -2.91. The Bertz CT molecular complexity index is 1620. The summed E-state index contributed by atoms with van der Waals surface area (Å²) < 4.78 is 39.0. The summed E-state index contributed by atoms with van der Waals surface area (Å²) in [5.74, 6) is -1.12. The van der Waals surface area contributed by atoms with E-state index in [0.717, 1.165) is 34.1 Å². The highest BCUT2D eigenvalue weighted by Gasteiger charge is 2.30. The zero-order chi connectivity index (χ0) is 28.8. The molecule has 41 heavy (non-hydrogen) atoms. The number of aliphatic carboxylic acids is 1. The van der Waals surface area contributed by atoms with Crippen LogP contribution in [0.5, 0.6) is 0 Å². The maximum atomic E-state index is 13.0. The number of hydrogen-bond donors (Lipinski definition) is 1. The predicted octanol–water partition coefficient (Wildman–Crippen LogP) is 7.84. The normalized spacial score (nSPS) is 12.0. The summed E-state index contributed by atoms with van der Waals surface area (Å²) in [5.41, 5.74) is 2.45. The molecule has 0 heterocycles. The van der Waals surface area contributed by atoms with Crippen LogP contribution < -0.4 is 15.9 Å². The fraction of sp³-hybridized carbons (Fsp3) is 0.0571. The van der Waals surface area contributed by atoms with E-state index in [1.165, 1.54) is 28.8 Å².